The molecule has 1 saturated heterocycles. The van der Waals surface area contributed by atoms with Gasteiger partial charge in [-0.3, -0.25) is 0 Å². The van der Waals surface area contributed by atoms with Gasteiger partial charge in [0.05, 0.1) is 15.8 Å². The standard InChI is InChI=1S/C18H15ClFN3O3S/c19-15-9-14(6-7-16(15)20)27(24,25)23-10-13(11-23)18-21-17(22-26-18)8-12-4-2-1-3-5-12/h1-7,9,13H,8,10-11H2. The van der Waals surface area contributed by atoms with Crippen LogP contribution in [-0.4, -0.2) is 36.0 Å². The van der Waals surface area contributed by atoms with Gasteiger partial charge in [0.15, 0.2) is 5.82 Å². The maximum Gasteiger partial charge on any atom is 0.243 e. The van der Waals surface area contributed by atoms with Gasteiger partial charge < -0.3 is 4.52 Å². The Balaban J connectivity index is 1.42. The van der Waals surface area contributed by atoms with E-state index in [1.165, 1.54) is 10.4 Å². The van der Waals surface area contributed by atoms with Gasteiger partial charge >= 0.3 is 0 Å². The highest BCUT2D eigenvalue weighted by Gasteiger charge is 2.40. The monoisotopic (exact) mass is 407 g/mol. The van der Waals surface area contributed by atoms with Crippen LogP contribution in [0.4, 0.5) is 4.39 Å². The molecule has 140 valence electrons. The van der Waals surface area contributed by atoms with Crippen LogP contribution in [0.2, 0.25) is 5.02 Å². The zero-order valence-electron chi connectivity index (χ0n) is 14.0. The molecule has 0 amide bonds. The van der Waals surface area contributed by atoms with Gasteiger partial charge in [-0.05, 0) is 23.8 Å². The molecule has 0 spiro atoms. The van der Waals surface area contributed by atoms with Crippen LogP contribution in [0.5, 0.6) is 0 Å². The van der Waals surface area contributed by atoms with Crippen molar-refractivity contribution in [1.29, 1.82) is 0 Å². The van der Waals surface area contributed by atoms with Crippen molar-refractivity contribution in [2.45, 2.75) is 17.2 Å². The van der Waals surface area contributed by atoms with E-state index in [1.54, 1.807) is 0 Å². The van der Waals surface area contributed by atoms with E-state index in [0.29, 0.717) is 18.1 Å². The molecule has 0 radical (unpaired) electrons. The van der Waals surface area contributed by atoms with E-state index in [-0.39, 0.29) is 28.9 Å². The Kier molecular flexibility index (Phi) is 4.71. The molecule has 0 unspecified atom stereocenters. The Morgan fingerprint density at radius 1 is 1.19 bits per heavy atom. The Labute approximate surface area is 160 Å². The largest absolute Gasteiger partial charge is 0.339 e. The summed E-state index contributed by atoms with van der Waals surface area (Å²) in [6.45, 7) is 0.453. The molecule has 0 bridgehead atoms. The van der Waals surface area contributed by atoms with Gasteiger partial charge in [0.25, 0.3) is 0 Å². The number of aromatic nitrogens is 2. The Morgan fingerprint density at radius 3 is 2.63 bits per heavy atom. The normalized spacial score (nSPS) is 15.6. The molecule has 0 atom stereocenters. The summed E-state index contributed by atoms with van der Waals surface area (Å²) in [7, 11) is -3.73. The highest BCUT2D eigenvalue weighted by Crippen LogP contribution is 2.32. The molecule has 1 aliphatic heterocycles. The van der Waals surface area contributed by atoms with Crippen molar-refractivity contribution >= 4 is 21.6 Å². The number of rotatable bonds is 5. The van der Waals surface area contributed by atoms with Gasteiger partial charge in [0.1, 0.15) is 5.82 Å². The van der Waals surface area contributed by atoms with Crippen molar-refractivity contribution < 1.29 is 17.3 Å². The highest BCUT2D eigenvalue weighted by atomic mass is 35.5. The smallest absolute Gasteiger partial charge is 0.243 e. The van der Waals surface area contributed by atoms with E-state index in [9.17, 15) is 12.8 Å². The third-order valence-electron chi connectivity index (χ3n) is 4.41. The summed E-state index contributed by atoms with van der Waals surface area (Å²) < 4.78 is 45.0. The number of nitrogens with zero attached hydrogens (tertiary/aromatic N) is 3. The zero-order valence-corrected chi connectivity index (χ0v) is 15.6. The summed E-state index contributed by atoms with van der Waals surface area (Å²) in [5, 5.41) is 3.74. The molecule has 9 heteroatoms. The maximum absolute atomic E-state index is 13.3. The minimum atomic E-state index is -3.73. The summed E-state index contributed by atoms with van der Waals surface area (Å²) in [6.07, 6.45) is 0.549. The summed E-state index contributed by atoms with van der Waals surface area (Å²) in [4.78, 5) is 4.33. The lowest BCUT2D eigenvalue weighted by atomic mass is 10.0. The molecule has 27 heavy (non-hydrogen) atoms. The lowest BCUT2D eigenvalue weighted by molar-refractivity contribution is 0.216. The summed E-state index contributed by atoms with van der Waals surface area (Å²) in [5.74, 6) is 0.161. The quantitative estimate of drug-likeness (QED) is 0.649. The van der Waals surface area contributed by atoms with Crippen LogP contribution in [0.25, 0.3) is 0 Å². The van der Waals surface area contributed by atoms with Gasteiger partial charge in [0, 0.05) is 19.5 Å². The van der Waals surface area contributed by atoms with Crippen LogP contribution in [0.1, 0.15) is 23.2 Å². The van der Waals surface area contributed by atoms with Crippen molar-refractivity contribution in [1.82, 2.24) is 14.4 Å². The molecule has 3 aromatic rings. The number of sulfonamides is 1. The van der Waals surface area contributed by atoms with Crippen molar-refractivity contribution in [3.05, 3.63) is 76.6 Å². The molecule has 0 aliphatic carbocycles. The third kappa shape index (κ3) is 3.60. The van der Waals surface area contributed by atoms with E-state index in [1.807, 2.05) is 30.3 Å². The SMILES string of the molecule is O=S(=O)(c1ccc(F)c(Cl)c1)N1CC(c2nc(Cc3ccccc3)no2)C1. The van der Waals surface area contributed by atoms with E-state index in [4.69, 9.17) is 16.1 Å². The molecule has 2 aromatic carbocycles. The second kappa shape index (κ2) is 7.03. The van der Waals surface area contributed by atoms with E-state index < -0.39 is 15.8 Å². The molecule has 1 aliphatic rings. The number of benzene rings is 2. The molecule has 1 aromatic heterocycles. The summed E-state index contributed by atoms with van der Waals surface area (Å²) in [6, 6.07) is 13.1. The molecular formula is C18H15ClFN3O3S. The fraction of sp³-hybridized carbons (Fsp3) is 0.222. The number of halogens is 2. The molecule has 6 nitrogen and oxygen atoms in total. The predicted octanol–water partition coefficient (Wildman–Crippen LogP) is 3.24. The van der Waals surface area contributed by atoms with Gasteiger partial charge in [-0.15, -0.1) is 0 Å². The lowest BCUT2D eigenvalue weighted by Gasteiger charge is -2.35. The first kappa shape index (κ1) is 18.1. The van der Waals surface area contributed by atoms with Crippen LogP contribution < -0.4 is 0 Å². The van der Waals surface area contributed by atoms with Crippen LogP contribution >= 0.6 is 11.6 Å². The summed E-state index contributed by atoms with van der Waals surface area (Å²) >= 11 is 5.69. The molecule has 2 heterocycles. The van der Waals surface area contributed by atoms with E-state index in [0.717, 1.165) is 17.7 Å². The van der Waals surface area contributed by atoms with E-state index in [2.05, 4.69) is 10.1 Å². The average Bonchev–Trinajstić information content (AvgIpc) is 3.04. The van der Waals surface area contributed by atoms with Crippen LogP contribution in [0.15, 0.2) is 57.9 Å². The van der Waals surface area contributed by atoms with Gasteiger partial charge in [-0.2, -0.15) is 9.29 Å². The predicted molar refractivity (Wildman–Crippen MR) is 96.5 cm³/mol. The molecule has 4 rings (SSSR count). The van der Waals surface area contributed by atoms with Crippen LogP contribution in [-0.2, 0) is 16.4 Å². The van der Waals surface area contributed by atoms with Crippen molar-refractivity contribution in [3.63, 3.8) is 0 Å². The average molecular weight is 408 g/mol. The highest BCUT2D eigenvalue weighted by molar-refractivity contribution is 7.89. The van der Waals surface area contributed by atoms with E-state index >= 15 is 0 Å². The van der Waals surface area contributed by atoms with Gasteiger partial charge in [-0.25, -0.2) is 12.8 Å². The topological polar surface area (TPSA) is 76.3 Å². The second-order valence-corrected chi connectivity index (χ2v) is 8.65. The zero-order chi connectivity index (χ0) is 19.0. The lowest BCUT2D eigenvalue weighted by Crippen LogP contribution is -2.48. The molecule has 0 N–H and O–H groups in total. The first-order valence-electron chi connectivity index (χ1n) is 8.25. The van der Waals surface area contributed by atoms with Gasteiger partial charge in [0.2, 0.25) is 15.9 Å². The van der Waals surface area contributed by atoms with Gasteiger partial charge in [-0.1, -0.05) is 47.1 Å². The fourth-order valence-electron chi connectivity index (χ4n) is 2.86. The minimum absolute atomic E-state index is 0.0392. The minimum Gasteiger partial charge on any atom is -0.339 e. The number of hydrogen-bond acceptors (Lipinski definition) is 5. The Bertz CT molecular complexity index is 1070. The molecule has 0 saturated carbocycles. The van der Waals surface area contributed by atoms with Crippen molar-refractivity contribution in [3.8, 4) is 0 Å². The molecular weight excluding hydrogens is 393 g/mol. The Hall–Kier alpha value is -2.29. The third-order valence-corrected chi connectivity index (χ3v) is 6.53. The fourth-order valence-corrected chi connectivity index (χ4v) is 4.66. The first-order valence-corrected chi connectivity index (χ1v) is 10.1. The summed E-state index contributed by atoms with van der Waals surface area (Å²) in [5.41, 5.74) is 1.07. The molecule has 1 fully saturated rings. The first-order chi connectivity index (χ1) is 12.9. The Morgan fingerprint density at radius 2 is 1.93 bits per heavy atom. The second-order valence-electron chi connectivity index (χ2n) is 6.31. The maximum atomic E-state index is 13.3. The van der Waals surface area contributed by atoms with Crippen molar-refractivity contribution in [2.75, 3.05) is 13.1 Å². The van der Waals surface area contributed by atoms with Crippen LogP contribution in [0, 0.1) is 5.82 Å². The number of hydrogen-bond donors (Lipinski definition) is 0. The van der Waals surface area contributed by atoms with Crippen LogP contribution in [0.3, 0.4) is 0 Å². The van der Waals surface area contributed by atoms with Crippen molar-refractivity contribution in [2.24, 2.45) is 0 Å².